The van der Waals surface area contributed by atoms with Crippen LogP contribution in [0, 0.1) is 5.92 Å². The van der Waals surface area contributed by atoms with Crippen molar-refractivity contribution in [2.45, 2.75) is 39.0 Å². The Morgan fingerprint density at radius 3 is 2.69 bits per heavy atom. The van der Waals surface area contributed by atoms with Crippen LogP contribution in [0.3, 0.4) is 0 Å². The topological polar surface area (TPSA) is 43.1 Å². The molecule has 0 amide bonds. The third kappa shape index (κ3) is 6.52. The van der Waals surface area contributed by atoms with E-state index in [1.807, 2.05) is 0 Å². The Bertz CT molecular complexity index is 154. The van der Waals surface area contributed by atoms with Gasteiger partial charge in [-0.15, -0.1) is 6.58 Å². The van der Waals surface area contributed by atoms with E-state index in [0.29, 0.717) is 24.5 Å². The van der Waals surface area contributed by atoms with Gasteiger partial charge in [0, 0.05) is 12.8 Å². The van der Waals surface area contributed by atoms with Gasteiger partial charge < -0.3 is 5.73 Å². The van der Waals surface area contributed by atoms with Crippen LogP contribution >= 0.6 is 0 Å². The third-order valence-corrected chi connectivity index (χ3v) is 2.36. The molecule has 0 radical (unpaired) electrons. The summed E-state index contributed by atoms with van der Waals surface area (Å²) in [4.78, 5) is 11.2. The Kier molecular flexibility index (Phi) is 7.60. The van der Waals surface area contributed by atoms with E-state index in [2.05, 4.69) is 13.5 Å². The average Bonchev–Trinajstić information content (AvgIpc) is 2.12. The molecule has 1 unspecified atom stereocenters. The SMILES string of the molecule is C=CCC(=O)CCC(CC)CCN. The van der Waals surface area contributed by atoms with Crippen molar-refractivity contribution in [1.29, 1.82) is 0 Å². The molecule has 0 aliphatic carbocycles. The second kappa shape index (κ2) is 7.99. The Morgan fingerprint density at radius 1 is 1.54 bits per heavy atom. The highest BCUT2D eigenvalue weighted by Gasteiger charge is 2.07. The Balaban J connectivity index is 3.57. The standard InChI is InChI=1S/C11H21NO/c1-3-5-11(13)7-6-10(4-2)8-9-12/h3,10H,1,4-9,12H2,2H3. The lowest BCUT2D eigenvalue weighted by Gasteiger charge is -2.11. The summed E-state index contributed by atoms with van der Waals surface area (Å²) >= 11 is 0. The van der Waals surface area contributed by atoms with E-state index >= 15 is 0 Å². The van der Waals surface area contributed by atoms with Crippen molar-refractivity contribution in [3.05, 3.63) is 12.7 Å². The number of rotatable bonds is 8. The molecule has 0 aliphatic rings. The van der Waals surface area contributed by atoms with Gasteiger partial charge in [-0.1, -0.05) is 19.4 Å². The lowest BCUT2D eigenvalue weighted by atomic mass is 9.95. The van der Waals surface area contributed by atoms with E-state index in [1.54, 1.807) is 6.08 Å². The Hall–Kier alpha value is -0.630. The molecule has 2 heteroatoms. The molecule has 0 aromatic carbocycles. The predicted octanol–water partition coefficient (Wildman–Crippen LogP) is 2.29. The first-order valence-corrected chi connectivity index (χ1v) is 5.07. The summed E-state index contributed by atoms with van der Waals surface area (Å²) in [6.07, 6.45) is 6.02. The van der Waals surface area contributed by atoms with Crippen LogP contribution in [0.15, 0.2) is 12.7 Å². The van der Waals surface area contributed by atoms with Crippen molar-refractivity contribution < 1.29 is 4.79 Å². The van der Waals surface area contributed by atoms with E-state index < -0.39 is 0 Å². The first-order valence-electron chi connectivity index (χ1n) is 5.07. The second-order valence-electron chi connectivity index (χ2n) is 3.42. The summed E-state index contributed by atoms with van der Waals surface area (Å²) < 4.78 is 0. The highest BCUT2D eigenvalue weighted by molar-refractivity contribution is 5.79. The molecule has 2 N–H and O–H groups in total. The smallest absolute Gasteiger partial charge is 0.136 e. The van der Waals surface area contributed by atoms with Crippen LogP contribution in [-0.2, 0) is 4.79 Å². The maximum Gasteiger partial charge on any atom is 0.136 e. The zero-order valence-electron chi connectivity index (χ0n) is 8.59. The van der Waals surface area contributed by atoms with Crippen molar-refractivity contribution in [1.82, 2.24) is 0 Å². The van der Waals surface area contributed by atoms with E-state index in [4.69, 9.17) is 5.73 Å². The highest BCUT2D eigenvalue weighted by Crippen LogP contribution is 2.15. The molecule has 2 nitrogen and oxygen atoms in total. The first kappa shape index (κ1) is 12.4. The fourth-order valence-corrected chi connectivity index (χ4v) is 1.42. The molecule has 0 aromatic heterocycles. The number of nitrogens with two attached hydrogens (primary N) is 1. The molecule has 0 spiro atoms. The van der Waals surface area contributed by atoms with Gasteiger partial charge in [-0.05, 0) is 25.3 Å². The number of allylic oxidation sites excluding steroid dienone is 1. The van der Waals surface area contributed by atoms with Crippen molar-refractivity contribution in [2.75, 3.05) is 6.54 Å². The predicted molar refractivity (Wildman–Crippen MR) is 56.5 cm³/mol. The lowest BCUT2D eigenvalue weighted by Crippen LogP contribution is -2.09. The number of carbonyl (C=O) groups excluding carboxylic acids is 1. The van der Waals surface area contributed by atoms with Gasteiger partial charge in [0.25, 0.3) is 0 Å². The van der Waals surface area contributed by atoms with E-state index in [-0.39, 0.29) is 0 Å². The minimum atomic E-state index is 0.297. The van der Waals surface area contributed by atoms with Crippen LogP contribution in [0.1, 0.15) is 39.0 Å². The molecule has 0 bridgehead atoms. The fraction of sp³-hybridized carbons (Fsp3) is 0.727. The van der Waals surface area contributed by atoms with Crippen LogP contribution in [0.4, 0.5) is 0 Å². The van der Waals surface area contributed by atoms with Gasteiger partial charge in [0.2, 0.25) is 0 Å². The zero-order valence-corrected chi connectivity index (χ0v) is 8.59. The van der Waals surface area contributed by atoms with Crippen molar-refractivity contribution in [2.24, 2.45) is 11.7 Å². The van der Waals surface area contributed by atoms with E-state index in [1.165, 1.54) is 0 Å². The van der Waals surface area contributed by atoms with Gasteiger partial charge in [0.05, 0.1) is 0 Å². The van der Waals surface area contributed by atoms with Crippen LogP contribution in [0.5, 0.6) is 0 Å². The third-order valence-electron chi connectivity index (χ3n) is 2.36. The van der Waals surface area contributed by atoms with Crippen molar-refractivity contribution >= 4 is 5.78 Å². The normalized spacial score (nSPS) is 12.5. The van der Waals surface area contributed by atoms with E-state index in [0.717, 1.165) is 25.8 Å². The minimum absolute atomic E-state index is 0.297. The molecule has 0 aliphatic heterocycles. The number of hydrogen-bond donors (Lipinski definition) is 1. The molecule has 0 saturated heterocycles. The highest BCUT2D eigenvalue weighted by atomic mass is 16.1. The lowest BCUT2D eigenvalue weighted by molar-refractivity contribution is -0.118. The maximum atomic E-state index is 11.2. The van der Waals surface area contributed by atoms with Gasteiger partial charge in [0.15, 0.2) is 0 Å². The summed E-state index contributed by atoms with van der Waals surface area (Å²) in [6.45, 7) is 6.42. The van der Waals surface area contributed by atoms with Gasteiger partial charge >= 0.3 is 0 Å². The van der Waals surface area contributed by atoms with Gasteiger partial charge in [-0.25, -0.2) is 0 Å². The molecule has 0 heterocycles. The van der Waals surface area contributed by atoms with Gasteiger partial charge in [-0.2, -0.15) is 0 Å². The first-order chi connectivity index (χ1) is 6.24. The van der Waals surface area contributed by atoms with Crippen LogP contribution in [-0.4, -0.2) is 12.3 Å². The van der Waals surface area contributed by atoms with E-state index in [9.17, 15) is 4.79 Å². The average molecular weight is 183 g/mol. The van der Waals surface area contributed by atoms with Crippen LogP contribution < -0.4 is 5.73 Å². The van der Waals surface area contributed by atoms with Gasteiger partial charge in [0.1, 0.15) is 5.78 Å². The quantitative estimate of drug-likeness (QED) is 0.587. The second-order valence-corrected chi connectivity index (χ2v) is 3.42. The number of ketones is 1. The van der Waals surface area contributed by atoms with Crippen molar-refractivity contribution in [3.8, 4) is 0 Å². The molecule has 0 fully saturated rings. The summed E-state index contributed by atoms with van der Waals surface area (Å²) in [5, 5.41) is 0. The molecular weight excluding hydrogens is 162 g/mol. The van der Waals surface area contributed by atoms with Crippen LogP contribution in [0.25, 0.3) is 0 Å². The van der Waals surface area contributed by atoms with Crippen molar-refractivity contribution in [3.63, 3.8) is 0 Å². The summed E-state index contributed by atoms with van der Waals surface area (Å²) in [6, 6.07) is 0. The molecular formula is C11H21NO. The largest absolute Gasteiger partial charge is 0.330 e. The summed E-state index contributed by atoms with van der Waals surface area (Å²) in [5.41, 5.74) is 5.47. The molecule has 0 saturated carbocycles. The van der Waals surface area contributed by atoms with Gasteiger partial charge in [-0.3, -0.25) is 4.79 Å². The molecule has 0 aromatic rings. The fourth-order valence-electron chi connectivity index (χ4n) is 1.42. The van der Waals surface area contributed by atoms with Crippen LogP contribution in [0.2, 0.25) is 0 Å². The Labute approximate surface area is 81.2 Å². The number of carbonyl (C=O) groups is 1. The molecule has 13 heavy (non-hydrogen) atoms. The zero-order chi connectivity index (χ0) is 10.1. The number of hydrogen-bond acceptors (Lipinski definition) is 2. The minimum Gasteiger partial charge on any atom is -0.330 e. The molecule has 1 atom stereocenters. The monoisotopic (exact) mass is 183 g/mol. The molecule has 0 rings (SSSR count). The maximum absolute atomic E-state index is 11.2. The Morgan fingerprint density at radius 2 is 2.23 bits per heavy atom. The summed E-state index contributed by atoms with van der Waals surface area (Å²) in [5.74, 6) is 0.921. The number of Topliss-reactive ketones (excluding diaryl/α,β-unsaturated/α-hetero) is 1. The summed E-state index contributed by atoms with van der Waals surface area (Å²) in [7, 11) is 0. The molecule has 76 valence electrons.